The molecule has 0 aliphatic heterocycles. The van der Waals surface area contributed by atoms with Crippen molar-refractivity contribution in [1.82, 2.24) is 8.97 Å². The number of benzene rings is 8. The van der Waals surface area contributed by atoms with Crippen LogP contribution in [-0.4, -0.2) is 8.97 Å². The molecule has 0 radical (unpaired) electrons. The molecule has 0 aliphatic rings. The smallest absolute Gasteiger partial charge is 0.137 e. The van der Waals surface area contributed by atoms with Crippen LogP contribution < -0.4 is 0 Å². The van der Waals surface area contributed by atoms with Crippen LogP contribution in [0.4, 0.5) is 0 Å². The normalized spacial score (nSPS) is 12.3. The molecule has 0 saturated carbocycles. The summed E-state index contributed by atoms with van der Waals surface area (Å²) in [5.41, 5.74) is 13.9. The van der Waals surface area contributed by atoms with Gasteiger partial charge in [-0.3, -0.25) is 0 Å². The van der Waals surface area contributed by atoms with Gasteiger partial charge in [-0.25, -0.2) is 0 Å². The predicted molar refractivity (Wildman–Crippen MR) is 214 cm³/mol. The van der Waals surface area contributed by atoms with Crippen molar-refractivity contribution >= 4 is 81.8 Å². The van der Waals surface area contributed by atoms with Crippen LogP contribution in [0.2, 0.25) is 0 Å². The van der Waals surface area contributed by atoms with Gasteiger partial charge in [-0.15, -0.1) is 0 Å². The lowest BCUT2D eigenvalue weighted by Crippen LogP contribution is -1.93. The molecule has 4 aromatic heterocycles. The highest BCUT2D eigenvalue weighted by atomic mass is 16.3. The number of fused-ring (bicyclic) bond motifs is 12. The van der Waals surface area contributed by atoms with Crippen LogP contribution >= 0.6 is 0 Å². The summed E-state index contributed by atoms with van der Waals surface area (Å²) in [5.74, 6) is 0. The molecule has 0 atom stereocenters. The van der Waals surface area contributed by atoms with E-state index in [4.69, 9.17) is 4.42 Å². The highest BCUT2D eigenvalue weighted by Crippen LogP contribution is 2.42. The fraction of sp³-hybridized carbons (Fsp3) is 0. The number of hydrogen-bond donors (Lipinski definition) is 0. The summed E-state index contributed by atoms with van der Waals surface area (Å²) in [5, 5.41) is 9.93. The molecule has 0 saturated heterocycles. The Hall–Kier alpha value is -6.84. The molecule has 236 valence electrons. The van der Waals surface area contributed by atoms with Crippen molar-refractivity contribution in [3.05, 3.63) is 170 Å². The molecule has 4 heterocycles. The monoisotopic (exact) mass is 648 g/mol. The van der Waals surface area contributed by atoms with Crippen LogP contribution in [0.25, 0.3) is 110 Å². The standard InChI is InChI=1S/C48H28N2O/c1-2-9-29(10-3-1)30-17-22-43-40(25-30)41-27-32(18-23-44(41)49(43)33-20-21-36-35-12-5-7-16-46(35)51-47(36)28-33)31-19-24-45-39(26-31)38-14-8-13-37-34-11-4-6-15-42(34)50(45)48(37)38/h1-28H. The second-order valence-corrected chi connectivity index (χ2v) is 13.7. The maximum atomic E-state index is 6.35. The van der Waals surface area contributed by atoms with Crippen molar-refractivity contribution in [2.75, 3.05) is 0 Å². The molecular weight excluding hydrogens is 621 g/mol. The van der Waals surface area contributed by atoms with Gasteiger partial charge >= 0.3 is 0 Å². The quantitative estimate of drug-likeness (QED) is 0.187. The van der Waals surface area contributed by atoms with E-state index < -0.39 is 0 Å². The van der Waals surface area contributed by atoms with E-state index in [9.17, 15) is 0 Å². The summed E-state index contributed by atoms with van der Waals surface area (Å²) in [4.78, 5) is 0. The molecule has 0 N–H and O–H groups in total. The van der Waals surface area contributed by atoms with E-state index in [1.54, 1.807) is 0 Å². The maximum Gasteiger partial charge on any atom is 0.137 e. The van der Waals surface area contributed by atoms with Gasteiger partial charge in [0.2, 0.25) is 0 Å². The summed E-state index contributed by atoms with van der Waals surface area (Å²) < 4.78 is 11.2. The van der Waals surface area contributed by atoms with Gasteiger partial charge in [0.1, 0.15) is 11.2 Å². The number of rotatable bonds is 3. The molecule has 0 unspecified atom stereocenters. The first-order valence-electron chi connectivity index (χ1n) is 17.5. The number of furan rings is 1. The maximum absolute atomic E-state index is 6.35. The van der Waals surface area contributed by atoms with Crippen LogP contribution in [0.1, 0.15) is 0 Å². The average molecular weight is 649 g/mol. The highest BCUT2D eigenvalue weighted by molar-refractivity contribution is 6.23. The van der Waals surface area contributed by atoms with Gasteiger partial charge in [-0.1, -0.05) is 103 Å². The Balaban J connectivity index is 1.10. The Labute approximate surface area is 292 Å². The first-order chi connectivity index (χ1) is 25.3. The van der Waals surface area contributed by atoms with E-state index in [0.29, 0.717) is 0 Å². The molecule has 0 aliphatic carbocycles. The van der Waals surface area contributed by atoms with Crippen LogP contribution in [0.3, 0.4) is 0 Å². The van der Waals surface area contributed by atoms with Crippen molar-refractivity contribution < 1.29 is 4.42 Å². The molecule has 8 aromatic carbocycles. The summed E-state index contributed by atoms with van der Waals surface area (Å²) in [7, 11) is 0. The van der Waals surface area contributed by atoms with E-state index >= 15 is 0 Å². The second kappa shape index (κ2) is 9.87. The zero-order valence-electron chi connectivity index (χ0n) is 27.5. The molecule has 0 amide bonds. The van der Waals surface area contributed by atoms with E-state index in [-0.39, 0.29) is 0 Å². The molecule has 3 nitrogen and oxygen atoms in total. The van der Waals surface area contributed by atoms with E-state index in [0.717, 1.165) is 27.6 Å². The lowest BCUT2D eigenvalue weighted by molar-refractivity contribution is 0.668. The van der Waals surface area contributed by atoms with Crippen molar-refractivity contribution in [3.63, 3.8) is 0 Å². The molecule has 51 heavy (non-hydrogen) atoms. The van der Waals surface area contributed by atoms with Gasteiger partial charge in [0.15, 0.2) is 0 Å². The third-order valence-corrected chi connectivity index (χ3v) is 11.0. The topological polar surface area (TPSA) is 22.5 Å². The van der Waals surface area contributed by atoms with Crippen LogP contribution in [0, 0.1) is 0 Å². The van der Waals surface area contributed by atoms with E-state index in [1.807, 2.05) is 12.1 Å². The minimum Gasteiger partial charge on any atom is -0.456 e. The number of hydrogen-bond acceptors (Lipinski definition) is 1. The Morgan fingerprint density at radius 3 is 1.63 bits per heavy atom. The molecule has 0 fully saturated rings. The Morgan fingerprint density at radius 2 is 0.863 bits per heavy atom. The van der Waals surface area contributed by atoms with Crippen LogP contribution in [-0.2, 0) is 0 Å². The lowest BCUT2D eigenvalue weighted by atomic mass is 9.99. The third-order valence-electron chi connectivity index (χ3n) is 11.0. The van der Waals surface area contributed by atoms with Crippen molar-refractivity contribution in [2.24, 2.45) is 0 Å². The summed E-state index contributed by atoms with van der Waals surface area (Å²) in [6.07, 6.45) is 0. The van der Waals surface area contributed by atoms with Gasteiger partial charge in [0, 0.05) is 54.8 Å². The van der Waals surface area contributed by atoms with E-state index in [1.165, 1.54) is 82.2 Å². The third kappa shape index (κ3) is 3.67. The Morgan fingerprint density at radius 1 is 0.314 bits per heavy atom. The molecule has 0 spiro atoms. The SMILES string of the molecule is c1ccc(-c2ccc3c(c2)c2cc(-c4ccc5c(c4)c4cccc6c7ccccc7n5c64)ccc2n3-c2ccc3c(c2)oc2ccccc23)cc1. The molecule has 0 bridgehead atoms. The average Bonchev–Trinajstić information content (AvgIpc) is 3.93. The van der Waals surface area contributed by atoms with E-state index in [2.05, 4.69) is 167 Å². The minimum absolute atomic E-state index is 0.896. The summed E-state index contributed by atoms with van der Waals surface area (Å²) >= 11 is 0. The largest absolute Gasteiger partial charge is 0.456 e. The highest BCUT2D eigenvalue weighted by Gasteiger charge is 2.19. The first-order valence-corrected chi connectivity index (χ1v) is 17.5. The zero-order valence-corrected chi connectivity index (χ0v) is 27.5. The van der Waals surface area contributed by atoms with Crippen molar-refractivity contribution in [2.45, 2.75) is 0 Å². The van der Waals surface area contributed by atoms with Crippen LogP contribution in [0.15, 0.2) is 174 Å². The van der Waals surface area contributed by atoms with Gasteiger partial charge in [0.05, 0.1) is 27.6 Å². The molecule has 3 heteroatoms. The summed E-state index contributed by atoms with van der Waals surface area (Å²) in [6, 6.07) is 61.8. The Kier molecular flexibility index (Phi) is 5.23. The molecule has 12 rings (SSSR count). The van der Waals surface area contributed by atoms with Gasteiger partial charge in [0.25, 0.3) is 0 Å². The molecular formula is C48H28N2O. The number of para-hydroxylation sites is 3. The second-order valence-electron chi connectivity index (χ2n) is 13.7. The van der Waals surface area contributed by atoms with Crippen LogP contribution in [0.5, 0.6) is 0 Å². The number of aromatic nitrogens is 2. The fourth-order valence-electron chi connectivity index (χ4n) is 8.76. The summed E-state index contributed by atoms with van der Waals surface area (Å²) in [6.45, 7) is 0. The van der Waals surface area contributed by atoms with Gasteiger partial charge in [-0.2, -0.15) is 0 Å². The van der Waals surface area contributed by atoms with Gasteiger partial charge < -0.3 is 13.4 Å². The first kappa shape index (κ1) is 27.0. The Bertz CT molecular complexity index is 3360. The lowest BCUT2D eigenvalue weighted by Gasteiger charge is -2.09. The van der Waals surface area contributed by atoms with Gasteiger partial charge in [-0.05, 0) is 82.9 Å². The zero-order chi connectivity index (χ0) is 33.2. The predicted octanol–water partition coefficient (Wildman–Crippen LogP) is 13.2. The fourth-order valence-corrected chi connectivity index (χ4v) is 8.76. The molecule has 12 aromatic rings. The van der Waals surface area contributed by atoms with Crippen molar-refractivity contribution in [3.8, 4) is 27.9 Å². The number of nitrogens with zero attached hydrogens (tertiary/aromatic N) is 2. The van der Waals surface area contributed by atoms with Crippen molar-refractivity contribution in [1.29, 1.82) is 0 Å². The minimum atomic E-state index is 0.896.